The Labute approximate surface area is 104 Å². The molecule has 15 heavy (non-hydrogen) atoms. The third-order valence-electron chi connectivity index (χ3n) is 1.41. The molecule has 0 aliphatic rings. The summed E-state index contributed by atoms with van der Waals surface area (Å²) in [5.41, 5.74) is 0.429. The Morgan fingerprint density at radius 1 is 1.60 bits per heavy atom. The normalized spacial score (nSPS) is 13.1. The Kier molecular flexibility index (Phi) is 7.67. The largest absolute Gasteiger partial charge is 0.234 e. The van der Waals surface area contributed by atoms with Crippen molar-refractivity contribution in [3.8, 4) is 6.07 Å². The zero-order chi connectivity index (χ0) is 11.8. The molecule has 0 fully saturated rings. The van der Waals surface area contributed by atoms with Crippen LogP contribution in [0.4, 0.5) is 0 Å². The van der Waals surface area contributed by atoms with E-state index < -0.39 is 0 Å². The standard InChI is InChI=1S/C10H13ClN2S2/c1-5-15-10(13-8(3)14-4)9(6-12)7(2)11/h3,5H2,1-2,4H3/b9-7+,13-10+. The zero-order valence-corrected chi connectivity index (χ0v) is 11.4. The molecule has 0 rings (SSSR count). The van der Waals surface area contributed by atoms with Gasteiger partial charge in [-0.2, -0.15) is 5.26 Å². The van der Waals surface area contributed by atoms with E-state index in [1.54, 1.807) is 6.92 Å². The molecule has 0 spiro atoms. The van der Waals surface area contributed by atoms with Crippen molar-refractivity contribution in [3.63, 3.8) is 0 Å². The summed E-state index contributed by atoms with van der Waals surface area (Å²) in [6, 6.07) is 2.06. The second kappa shape index (κ2) is 7.86. The summed E-state index contributed by atoms with van der Waals surface area (Å²) in [6.45, 7) is 7.45. The lowest BCUT2D eigenvalue weighted by molar-refractivity contribution is 1.47. The summed E-state index contributed by atoms with van der Waals surface area (Å²) in [5.74, 6) is 0.843. The first-order valence-corrected chi connectivity index (χ1v) is 6.86. The molecule has 0 saturated carbocycles. The van der Waals surface area contributed by atoms with Gasteiger partial charge in [0.2, 0.25) is 0 Å². The summed E-state index contributed by atoms with van der Waals surface area (Å²) >= 11 is 8.77. The first-order valence-electron chi connectivity index (χ1n) is 4.28. The molecule has 0 bridgehead atoms. The van der Waals surface area contributed by atoms with Crippen molar-refractivity contribution < 1.29 is 0 Å². The maximum atomic E-state index is 8.96. The Hall–Kier alpha value is -0.370. The molecule has 0 aliphatic carbocycles. The third kappa shape index (κ3) is 5.31. The molecule has 2 nitrogen and oxygen atoms in total. The zero-order valence-electron chi connectivity index (χ0n) is 9.00. The quantitative estimate of drug-likeness (QED) is 0.435. The summed E-state index contributed by atoms with van der Waals surface area (Å²) in [7, 11) is 0. The van der Waals surface area contributed by atoms with Crippen LogP contribution in [0.1, 0.15) is 13.8 Å². The molecule has 5 heteroatoms. The fourth-order valence-corrected chi connectivity index (χ4v) is 1.95. The minimum absolute atomic E-state index is 0.429. The van der Waals surface area contributed by atoms with E-state index in [1.807, 2.05) is 13.2 Å². The van der Waals surface area contributed by atoms with E-state index >= 15 is 0 Å². The van der Waals surface area contributed by atoms with Crippen LogP contribution in [-0.2, 0) is 0 Å². The van der Waals surface area contributed by atoms with Crippen molar-refractivity contribution in [1.82, 2.24) is 0 Å². The van der Waals surface area contributed by atoms with E-state index in [9.17, 15) is 0 Å². The number of hydrogen-bond acceptors (Lipinski definition) is 4. The Morgan fingerprint density at radius 2 is 2.20 bits per heavy atom. The van der Waals surface area contributed by atoms with Gasteiger partial charge in [0.15, 0.2) is 0 Å². The van der Waals surface area contributed by atoms with Gasteiger partial charge in [0.1, 0.15) is 11.1 Å². The number of hydrogen-bond donors (Lipinski definition) is 0. The summed E-state index contributed by atoms with van der Waals surface area (Å²) < 4.78 is 0. The molecule has 0 atom stereocenters. The number of allylic oxidation sites excluding steroid dienone is 1. The first kappa shape index (κ1) is 14.6. The predicted molar refractivity (Wildman–Crippen MR) is 72.4 cm³/mol. The van der Waals surface area contributed by atoms with Crippen LogP contribution in [0, 0.1) is 11.3 Å². The number of nitriles is 1. The monoisotopic (exact) mass is 260 g/mol. The summed E-state index contributed by atoms with van der Waals surface area (Å²) in [4.78, 5) is 4.26. The van der Waals surface area contributed by atoms with Crippen molar-refractivity contribution >= 4 is 40.2 Å². The SMILES string of the molecule is C=C(/N=C(SCC)\C(C#N)=C(/C)Cl)SC. The minimum atomic E-state index is 0.429. The van der Waals surface area contributed by atoms with Gasteiger partial charge in [0, 0.05) is 5.03 Å². The van der Waals surface area contributed by atoms with Crippen molar-refractivity contribution in [2.45, 2.75) is 13.8 Å². The Morgan fingerprint density at radius 3 is 2.53 bits per heavy atom. The average Bonchev–Trinajstić information content (AvgIpc) is 2.18. The molecule has 0 radical (unpaired) electrons. The van der Waals surface area contributed by atoms with E-state index in [4.69, 9.17) is 16.9 Å². The van der Waals surface area contributed by atoms with Crippen molar-refractivity contribution in [2.75, 3.05) is 12.0 Å². The second-order valence-electron chi connectivity index (χ2n) is 2.47. The molecule has 0 aromatic rings. The van der Waals surface area contributed by atoms with E-state index in [0.29, 0.717) is 20.7 Å². The van der Waals surface area contributed by atoms with Crippen molar-refractivity contribution in [3.05, 3.63) is 22.2 Å². The van der Waals surface area contributed by atoms with Crippen LogP contribution in [-0.4, -0.2) is 17.1 Å². The van der Waals surface area contributed by atoms with E-state index in [0.717, 1.165) is 5.75 Å². The van der Waals surface area contributed by atoms with Crippen molar-refractivity contribution in [2.24, 2.45) is 4.99 Å². The van der Waals surface area contributed by atoms with Gasteiger partial charge < -0.3 is 0 Å². The van der Waals surface area contributed by atoms with Crippen LogP contribution in [0.2, 0.25) is 0 Å². The van der Waals surface area contributed by atoms with Gasteiger partial charge in [0.25, 0.3) is 0 Å². The van der Waals surface area contributed by atoms with Crippen LogP contribution in [0.15, 0.2) is 27.2 Å². The molecular formula is C10H13ClN2S2. The highest BCUT2D eigenvalue weighted by molar-refractivity contribution is 8.14. The molecule has 82 valence electrons. The van der Waals surface area contributed by atoms with Gasteiger partial charge in [-0.05, 0) is 18.9 Å². The van der Waals surface area contributed by atoms with Crippen LogP contribution in [0.25, 0.3) is 0 Å². The maximum Gasteiger partial charge on any atom is 0.116 e. The Bertz CT molecular complexity index is 336. The number of rotatable bonds is 4. The highest BCUT2D eigenvalue weighted by Gasteiger charge is 2.10. The molecular weight excluding hydrogens is 248 g/mol. The van der Waals surface area contributed by atoms with E-state index in [-0.39, 0.29) is 0 Å². The first-order chi connectivity index (χ1) is 7.06. The molecule has 0 N–H and O–H groups in total. The smallest absolute Gasteiger partial charge is 0.116 e. The summed E-state index contributed by atoms with van der Waals surface area (Å²) in [5, 5.41) is 10.7. The molecule has 0 saturated heterocycles. The van der Waals surface area contributed by atoms with Crippen LogP contribution in [0.3, 0.4) is 0 Å². The maximum absolute atomic E-state index is 8.96. The van der Waals surface area contributed by atoms with E-state index in [2.05, 4.69) is 17.6 Å². The number of aliphatic imine (C=N–C) groups is 1. The van der Waals surface area contributed by atoms with Crippen LogP contribution < -0.4 is 0 Å². The highest BCUT2D eigenvalue weighted by atomic mass is 35.5. The van der Waals surface area contributed by atoms with Gasteiger partial charge in [-0.25, -0.2) is 4.99 Å². The minimum Gasteiger partial charge on any atom is -0.234 e. The average molecular weight is 261 g/mol. The number of halogens is 1. The van der Waals surface area contributed by atoms with Gasteiger partial charge in [-0.3, -0.25) is 0 Å². The molecule has 0 heterocycles. The fourth-order valence-electron chi connectivity index (χ4n) is 0.728. The van der Waals surface area contributed by atoms with Crippen molar-refractivity contribution in [1.29, 1.82) is 5.26 Å². The highest BCUT2D eigenvalue weighted by Crippen LogP contribution is 2.21. The Balaban J connectivity index is 5.15. The molecule has 0 aliphatic heterocycles. The fraction of sp³-hybridized carbons (Fsp3) is 0.400. The molecule has 0 amide bonds. The molecule has 0 aromatic carbocycles. The van der Waals surface area contributed by atoms with Gasteiger partial charge in [0.05, 0.1) is 10.6 Å². The number of thioether (sulfide) groups is 2. The lowest BCUT2D eigenvalue weighted by Crippen LogP contribution is -1.98. The lowest BCUT2D eigenvalue weighted by Gasteiger charge is -2.04. The topological polar surface area (TPSA) is 36.1 Å². The number of nitrogens with zero attached hydrogens (tertiary/aromatic N) is 2. The molecule has 0 unspecified atom stereocenters. The second-order valence-corrected chi connectivity index (χ2v) is 5.17. The van der Waals surface area contributed by atoms with Gasteiger partial charge >= 0.3 is 0 Å². The van der Waals surface area contributed by atoms with Gasteiger partial charge in [-0.15, -0.1) is 23.5 Å². The third-order valence-corrected chi connectivity index (χ3v) is 3.02. The lowest BCUT2D eigenvalue weighted by atomic mass is 10.3. The van der Waals surface area contributed by atoms with Crippen LogP contribution >= 0.6 is 35.1 Å². The van der Waals surface area contributed by atoms with Crippen LogP contribution in [0.5, 0.6) is 0 Å². The molecule has 0 aromatic heterocycles. The summed E-state index contributed by atoms with van der Waals surface area (Å²) in [6.07, 6.45) is 1.89. The van der Waals surface area contributed by atoms with E-state index in [1.165, 1.54) is 23.5 Å². The predicted octanol–water partition coefficient (Wildman–Crippen LogP) is 4.01. The van der Waals surface area contributed by atoms with Gasteiger partial charge in [-0.1, -0.05) is 25.1 Å².